The number of hydrogen-bond donors (Lipinski definition) is 1. The molecule has 0 spiro atoms. The largest absolute Gasteiger partial charge is 0.490 e. The van der Waals surface area contributed by atoms with Crippen molar-refractivity contribution < 1.29 is 14.3 Å². The topological polar surface area (TPSA) is 71.3 Å². The number of nitrogens with zero attached hydrogens (tertiary/aromatic N) is 1. The summed E-state index contributed by atoms with van der Waals surface area (Å²) in [6.07, 6.45) is 1.51. The van der Waals surface area contributed by atoms with E-state index in [-0.39, 0.29) is 5.57 Å². The first-order chi connectivity index (χ1) is 15.5. The van der Waals surface area contributed by atoms with Crippen molar-refractivity contribution in [3.63, 3.8) is 0 Å². The lowest BCUT2D eigenvalue weighted by Gasteiger charge is -2.13. The Labute approximate surface area is 192 Å². The molecule has 0 fully saturated rings. The van der Waals surface area contributed by atoms with Crippen molar-refractivity contribution in [2.24, 2.45) is 0 Å². The molecular weight excluding hydrogens is 424 g/mol. The van der Waals surface area contributed by atoms with Crippen LogP contribution in [0.1, 0.15) is 23.6 Å². The Morgan fingerprint density at radius 2 is 1.84 bits per heavy atom. The summed E-state index contributed by atoms with van der Waals surface area (Å²) in [4.78, 5) is 12.5. The van der Waals surface area contributed by atoms with E-state index in [1.54, 1.807) is 42.5 Å². The summed E-state index contributed by atoms with van der Waals surface area (Å²) in [5, 5.41) is 12.7. The third-order valence-corrected chi connectivity index (χ3v) is 4.78. The molecule has 0 aliphatic rings. The maximum absolute atomic E-state index is 12.5. The lowest BCUT2D eigenvalue weighted by molar-refractivity contribution is -0.112. The molecule has 0 saturated carbocycles. The predicted octanol–water partition coefficient (Wildman–Crippen LogP) is 6.17. The van der Waals surface area contributed by atoms with Gasteiger partial charge in [0.05, 0.1) is 6.61 Å². The van der Waals surface area contributed by atoms with Gasteiger partial charge in [-0.15, -0.1) is 0 Å². The maximum Gasteiger partial charge on any atom is 0.266 e. The molecule has 0 radical (unpaired) electrons. The zero-order valence-corrected chi connectivity index (χ0v) is 18.6. The van der Waals surface area contributed by atoms with E-state index in [0.717, 1.165) is 5.56 Å². The minimum atomic E-state index is -0.521. The summed E-state index contributed by atoms with van der Waals surface area (Å²) >= 11 is 5.95. The SMILES string of the molecule is CCOc1cc(/C=C(\C#N)C(=O)Nc2cccc(Cl)c2)ccc1OCc1ccc(C)cc1. The molecule has 0 aliphatic heterocycles. The third kappa shape index (κ3) is 6.37. The molecule has 0 unspecified atom stereocenters. The molecule has 0 atom stereocenters. The Morgan fingerprint density at radius 3 is 2.53 bits per heavy atom. The highest BCUT2D eigenvalue weighted by Crippen LogP contribution is 2.30. The van der Waals surface area contributed by atoms with Gasteiger partial charge < -0.3 is 14.8 Å². The molecule has 6 heteroatoms. The second-order valence-corrected chi connectivity index (χ2v) is 7.48. The zero-order valence-electron chi connectivity index (χ0n) is 17.9. The fraction of sp³-hybridized carbons (Fsp3) is 0.154. The fourth-order valence-corrected chi connectivity index (χ4v) is 3.12. The molecular formula is C26H23ClN2O3. The molecule has 0 heterocycles. The summed E-state index contributed by atoms with van der Waals surface area (Å²) in [5.74, 6) is 0.611. The Morgan fingerprint density at radius 1 is 1.06 bits per heavy atom. The van der Waals surface area contributed by atoms with E-state index < -0.39 is 5.91 Å². The number of amides is 1. The van der Waals surface area contributed by atoms with Crippen molar-refractivity contribution in [2.75, 3.05) is 11.9 Å². The van der Waals surface area contributed by atoms with Gasteiger partial charge in [0.2, 0.25) is 0 Å². The monoisotopic (exact) mass is 446 g/mol. The molecule has 1 N–H and O–H groups in total. The number of nitriles is 1. The molecule has 0 aliphatic carbocycles. The van der Waals surface area contributed by atoms with E-state index in [1.165, 1.54) is 11.6 Å². The van der Waals surface area contributed by atoms with Gasteiger partial charge in [0, 0.05) is 10.7 Å². The van der Waals surface area contributed by atoms with Crippen LogP contribution in [0.25, 0.3) is 6.08 Å². The summed E-state index contributed by atoms with van der Waals surface area (Å²) in [6, 6.07) is 22.1. The Balaban J connectivity index is 1.77. The van der Waals surface area contributed by atoms with Crippen LogP contribution in [0.4, 0.5) is 5.69 Å². The van der Waals surface area contributed by atoms with E-state index in [0.29, 0.717) is 41.0 Å². The molecule has 3 aromatic rings. The van der Waals surface area contributed by atoms with Gasteiger partial charge in [-0.3, -0.25) is 4.79 Å². The van der Waals surface area contributed by atoms with Crippen LogP contribution < -0.4 is 14.8 Å². The summed E-state index contributed by atoms with van der Waals surface area (Å²) in [7, 11) is 0. The van der Waals surface area contributed by atoms with Gasteiger partial charge in [0.25, 0.3) is 5.91 Å². The van der Waals surface area contributed by atoms with Crippen molar-refractivity contribution in [1.82, 2.24) is 0 Å². The normalized spacial score (nSPS) is 10.9. The van der Waals surface area contributed by atoms with Gasteiger partial charge in [-0.25, -0.2) is 0 Å². The Hall–Kier alpha value is -3.75. The summed E-state index contributed by atoms with van der Waals surface area (Å²) in [6.45, 7) is 4.77. The smallest absolute Gasteiger partial charge is 0.266 e. The quantitative estimate of drug-likeness (QED) is 0.331. The highest BCUT2D eigenvalue weighted by Gasteiger charge is 2.12. The maximum atomic E-state index is 12.5. The van der Waals surface area contributed by atoms with Crippen LogP contribution in [0.15, 0.2) is 72.3 Å². The number of anilines is 1. The van der Waals surface area contributed by atoms with E-state index in [1.807, 2.05) is 44.2 Å². The lowest BCUT2D eigenvalue weighted by Crippen LogP contribution is -2.13. The number of nitrogens with one attached hydrogen (secondary N) is 1. The second-order valence-electron chi connectivity index (χ2n) is 7.05. The van der Waals surface area contributed by atoms with Crippen LogP contribution in [0, 0.1) is 18.3 Å². The number of aryl methyl sites for hydroxylation is 1. The van der Waals surface area contributed by atoms with Crippen LogP contribution in [0.5, 0.6) is 11.5 Å². The van der Waals surface area contributed by atoms with Gasteiger partial charge in [-0.1, -0.05) is 53.6 Å². The average Bonchev–Trinajstić information content (AvgIpc) is 2.78. The van der Waals surface area contributed by atoms with Crippen LogP contribution in [-0.2, 0) is 11.4 Å². The number of rotatable bonds is 8. The zero-order chi connectivity index (χ0) is 22.9. The van der Waals surface area contributed by atoms with Gasteiger partial charge in [0.15, 0.2) is 11.5 Å². The third-order valence-electron chi connectivity index (χ3n) is 4.54. The number of halogens is 1. The molecule has 32 heavy (non-hydrogen) atoms. The summed E-state index contributed by atoms with van der Waals surface area (Å²) in [5.41, 5.74) is 3.35. The number of benzene rings is 3. The first-order valence-electron chi connectivity index (χ1n) is 10.1. The molecule has 162 valence electrons. The Kier molecular flexibility index (Phi) is 7.91. The van der Waals surface area contributed by atoms with Crippen molar-refractivity contribution >= 4 is 29.3 Å². The first-order valence-corrected chi connectivity index (χ1v) is 10.5. The second kappa shape index (κ2) is 11.0. The number of hydrogen-bond acceptors (Lipinski definition) is 4. The first kappa shape index (κ1) is 22.9. The summed E-state index contributed by atoms with van der Waals surface area (Å²) < 4.78 is 11.7. The molecule has 3 aromatic carbocycles. The average molecular weight is 447 g/mol. The molecule has 3 rings (SSSR count). The molecule has 0 aromatic heterocycles. The highest BCUT2D eigenvalue weighted by molar-refractivity contribution is 6.31. The van der Waals surface area contributed by atoms with Gasteiger partial charge in [-0.2, -0.15) is 5.26 Å². The fourth-order valence-electron chi connectivity index (χ4n) is 2.93. The minimum Gasteiger partial charge on any atom is -0.490 e. The molecule has 5 nitrogen and oxygen atoms in total. The van der Waals surface area contributed by atoms with Gasteiger partial charge >= 0.3 is 0 Å². The van der Waals surface area contributed by atoms with E-state index in [2.05, 4.69) is 5.32 Å². The molecule has 0 saturated heterocycles. The van der Waals surface area contributed by atoms with E-state index >= 15 is 0 Å². The van der Waals surface area contributed by atoms with Gasteiger partial charge in [-0.05, 0) is 61.4 Å². The van der Waals surface area contributed by atoms with E-state index in [4.69, 9.17) is 21.1 Å². The lowest BCUT2D eigenvalue weighted by atomic mass is 10.1. The van der Waals surface area contributed by atoms with Crippen molar-refractivity contribution in [3.05, 3.63) is 94.0 Å². The van der Waals surface area contributed by atoms with Gasteiger partial charge in [0.1, 0.15) is 18.2 Å². The Bertz CT molecular complexity index is 1160. The number of carbonyl (C=O) groups is 1. The molecule has 1 amide bonds. The van der Waals surface area contributed by atoms with Crippen molar-refractivity contribution in [1.29, 1.82) is 5.26 Å². The predicted molar refractivity (Wildman–Crippen MR) is 127 cm³/mol. The van der Waals surface area contributed by atoms with Crippen LogP contribution in [-0.4, -0.2) is 12.5 Å². The van der Waals surface area contributed by atoms with Crippen molar-refractivity contribution in [2.45, 2.75) is 20.5 Å². The van der Waals surface area contributed by atoms with E-state index in [9.17, 15) is 10.1 Å². The number of carbonyl (C=O) groups excluding carboxylic acids is 1. The van der Waals surface area contributed by atoms with Crippen LogP contribution in [0.2, 0.25) is 5.02 Å². The minimum absolute atomic E-state index is 0.0410. The standard InChI is InChI=1S/C26H23ClN2O3/c1-3-31-25-14-20(11-12-24(25)32-17-19-9-7-18(2)8-10-19)13-21(16-28)26(30)29-23-6-4-5-22(27)15-23/h4-15H,3,17H2,1-2H3,(H,29,30)/b21-13+. The van der Waals surface area contributed by atoms with Crippen LogP contribution >= 0.6 is 11.6 Å². The highest BCUT2D eigenvalue weighted by atomic mass is 35.5. The van der Waals surface area contributed by atoms with Crippen LogP contribution in [0.3, 0.4) is 0 Å². The number of ether oxygens (including phenoxy) is 2. The van der Waals surface area contributed by atoms with Crippen molar-refractivity contribution in [3.8, 4) is 17.6 Å². The molecule has 0 bridgehead atoms.